The molecule has 94 valence electrons. The van der Waals surface area contributed by atoms with Crippen LogP contribution in [-0.4, -0.2) is 10.9 Å². The smallest absolute Gasteiger partial charge is 0.225 e. The second-order valence-corrected chi connectivity index (χ2v) is 5.25. The lowest BCUT2D eigenvalue weighted by Gasteiger charge is -2.04. The molecule has 0 radical (unpaired) electrons. The monoisotopic (exact) mass is 280 g/mol. The predicted octanol–water partition coefficient (Wildman–Crippen LogP) is 3.76. The van der Waals surface area contributed by atoms with Crippen LogP contribution in [0, 0.1) is 0 Å². The number of rotatable bonds is 5. The maximum Gasteiger partial charge on any atom is 0.225 e. The summed E-state index contributed by atoms with van der Waals surface area (Å²) in [5.41, 5.74) is 0. The number of carbonyl (C=O) groups is 1. The molecule has 0 bridgehead atoms. The molecule has 2 aromatic heterocycles. The maximum atomic E-state index is 11.7. The number of nitrogens with one attached hydrogen (secondary N) is 1. The number of hydrogen-bond donors (Lipinski definition) is 1. The molecule has 0 aromatic carbocycles. The average molecular weight is 281 g/mol. The number of aromatic nitrogens is 1. The van der Waals surface area contributed by atoms with Crippen molar-refractivity contribution in [3.05, 3.63) is 45.7 Å². The van der Waals surface area contributed by atoms with E-state index in [1.54, 1.807) is 29.5 Å². The first-order chi connectivity index (χ1) is 8.74. The fourth-order valence-electron chi connectivity index (χ4n) is 1.56. The van der Waals surface area contributed by atoms with Gasteiger partial charge in [-0.2, -0.15) is 0 Å². The number of halogens is 1. The minimum atomic E-state index is -0.0266. The Balaban J connectivity index is 1.75. The average Bonchev–Trinajstić information content (AvgIpc) is 2.82. The second-order valence-electron chi connectivity index (χ2n) is 3.83. The van der Waals surface area contributed by atoms with Crippen molar-refractivity contribution in [3.63, 3.8) is 0 Å². The largest absolute Gasteiger partial charge is 0.311 e. The SMILES string of the molecule is O=C(CCCc1cccs1)Nc1cccc(Cl)n1. The summed E-state index contributed by atoms with van der Waals surface area (Å²) in [6.07, 6.45) is 2.27. The van der Waals surface area contributed by atoms with Crippen LogP contribution in [0.1, 0.15) is 17.7 Å². The molecular formula is C13H13ClN2OS. The third kappa shape index (κ3) is 4.13. The van der Waals surface area contributed by atoms with Crippen LogP contribution in [0.4, 0.5) is 5.82 Å². The summed E-state index contributed by atoms with van der Waals surface area (Å²) in [4.78, 5) is 17.0. The van der Waals surface area contributed by atoms with Gasteiger partial charge in [0.1, 0.15) is 11.0 Å². The van der Waals surface area contributed by atoms with Gasteiger partial charge in [0.05, 0.1) is 0 Å². The number of nitrogens with zero attached hydrogens (tertiary/aromatic N) is 1. The predicted molar refractivity (Wildman–Crippen MR) is 75.1 cm³/mol. The Labute approximate surface area is 115 Å². The molecule has 0 aliphatic carbocycles. The van der Waals surface area contributed by atoms with Crippen molar-refractivity contribution in [1.29, 1.82) is 0 Å². The Hall–Kier alpha value is -1.39. The Morgan fingerprint density at radius 2 is 2.22 bits per heavy atom. The molecule has 0 spiro atoms. The summed E-state index contributed by atoms with van der Waals surface area (Å²) in [6, 6.07) is 9.27. The van der Waals surface area contributed by atoms with Crippen molar-refractivity contribution in [1.82, 2.24) is 4.98 Å². The van der Waals surface area contributed by atoms with Gasteiger partial charge >= 0.3 is 0 Å². The zero-order valence-electron chi connectivity index (χ0n) is 9.73. The van der Waals surface area contributed by atoms with E-state index in [-0.39, 0.29) is 5.91 Å². The summed E-state index contributed by atoms with van der Waals surface area (Å²) in [7, 11) is 0. The van der Waals surface area contributed by atoms with E-state index in [0.717, 1.165) is 12.8 Å². The van der Waals surface area contributed by atoms with Crippen molar-refractivity contribution in [2.75, 3.05) is 5.32 Å². The van der Waals surface area contributed by atoms with Gasteiger partial charge in [0.2, 0.25) is 5.91 Å². The number of carbonyl (C=O) groups excluding carboxylic acids is 1. The number of thiophene rings is 1. The quantitative estimate of drug-likeness (QED) is 0.848. The van der Waals surface area contributed by atoms with E-state index >= 15 is 0 Å². The molecule has 2 heterocycles. The highest BCUT2D eigenvalue weighted by atomic mass is 35.5. The van der Waals surface area contributed by atoms with Gasteiger partial charge in [0.15, 0.2) is 0 Å². The number of hydrogen-bond acceptors (Lipinski definition) is 3. The number of anilines is 1. The third-order valence-electron chi connectivity index (χ3n) is 2.39. The van der Waals surface area contributed by atoms with Gasteiger partial charge in [-0.05, 0) is 36.4 Å². The second kappa shape index (κ2) is 6.52. The molecule has 1 amide bonds. The van der Waals surface area contributed by atoms with E-state index in [0.29, 0.717) is 17.4 Å². The number of aryl methyl sites for hydroxylation is 1. The molecule has 3 nitrogen and oxygen atoms in total. The van der Waals surface area contributed by atoms with Gasteiger partial charge in [-0.15, -0.1) is 11.3 Å². The molecule has 0 aliphatic rings. The van der Waals surface area contributed by atoms with Gasteiger partial charge in [0.25, 0.3) is 0 Å². The van der Waals surface area contributed by atoms with E-state index < -0.39 is 0 Å². The Bertz CT molecular complexity index is 513. The lowest BCUT2D eigenvalue weighted by atomic mass is 10.2. The summed E-state index contributed by atoms with van der Waals surface area (Å²) in [5, 5.41) is 5.16. The zero-order chi connectivity index (χ0) is 12.8. The van der Waals surface area contributed by atoms with Crippen molar-refractivity contribution in [3.8, 4) is 0 Å². The first-order valence-corrected chi connectivity index (χ1v) is 6.94. The van der Waals surface area contributed by atoms with Crippen molar-refractivity contribution >= 4 is 34.7 Å². The molecule has 2 aromatic rings. The lowest BCUT2D eigenvalue weighted by molar-refractivity contribution is -0.116. The number of pyridine rings is 1. The van der Waals surface area contributed by atoms with Crippen LogP contribution in [0.15, 0.2) is 35.7 Å². The minimum Gasteiger partial charge on any atom is -0.311 e. The van der Waals surface area contributed by atoms with Crippen molar-refractivity contribution in [2.45, 2.75) is 19.3 Å². The fourth-order valence-corrected chi connectivity index (χ4v) is 2.48. The Morgan fingerprint density at radius 3 is 2.94 bits per heavy atom. The Morgan fingerprint density at radius 1 is 1.33 bits per heavy atom. The molecule has 0 unspecified atom stereocenters. The van der Waals surface area contributed by atoms with Crippen LogP contribution >= 0.6 is 22.9 Å². The molecule has 18 heavy (non-hydrogen) atoms. The molecule has 1 N–H and O–H groups in total. The van der Waals surface area contributed by atoms with Crippen molar-refractivity contribution < 1.29 is 4.79 Å². The van der Waals surface area contributed by atoms with E-state index in [1.807, 2.05) is 11.4 Å². The summed E-state index contributed by atoms with van der Waals surface area (Å²) in [6.45, 7) is 0. The third-order valence-corrected chi connectivity index (χ3v) is 3.54. The van der Waals surface area contributed by atoms with E-state index in [9.17, 15) is 4.79 Å². The summed E-state index contributed by atoms with van der Waals surface area (Å²) < 4.78 is 0. The molecule has 0 aliphatic heterocycles. The summed E-state index contributed by atoms with van der Waals surface area (Å²) in [5.74, 6) is 0.477. The highest BCUT2D eigenvalue weighted by molar-refractivity contribution is 7.09. The van der Waals surface area contributed by atoms with Gasteiger partial charge < -0.3 is 5.32 Å². The summed E-state index contributed by atoms with van der Waals surface area (Å²) >= 11 is 7.46. The first kappa shape index (κ1) is 13.1. The van der Waals surface area contributed by atoms with Gasteiger partial charge in [-0.1, -0.05) is 23.7 Å². The highest BCUT2D eigenvalue weighted by Crippen LogP contribution is 2.13. The first-order valence-electron chi connectivity index (χ1n) is 5.69. The van der Waals surface area contributed by atoms with Crippen LogP contribution in [-0.2, 0) is 11.2 Å². The minimum absolute atomic E-state index is 0.0266. The molecule has 0 fully saturated rings. The van der Waals surface area contributed by atoms with Gasteiger partial charge in [-0.3, -0.25) is 4.79 Å². The van der Waals surface area contributed by atoms with Crippen LogP contribution in [0.25, 0.3) is 0 Å². The van der Waals surface area contributed by atoms with Gasteiger partial charge in [0, 0.05) is 11.3 Å². The van der Waals surface area contributed by atoms with Crippen LogP contribution < -0.4 is 5.32 Å². The molecule has 0 saturated carbocycles. The highest BCUT2D eigenvalue weighted by Gasteiger charge is 2.04. The van der Waals surface area contributed by atoms with Gasteiger partial charge in [-0.25, -0.2) is 4.98 Å². The van der Waals surface area contributed by atoms with E-state index in [1.165, 1.54) is 4.88 Å². The Kier molecular flexibility index (Phi) is 4.73. The van der Waals surface area contributed by atoms with Crippen LogP contribution in [0.5, 0.6) is 0 Å². The molecule has 5 heteroatoms. The lowest BCUT2D eigenvalue weighted by Crippen LogP contribution is -2.12. The van der Waals surface area contributed by atoms with Crippen LogP contribution in [0.3, 0.4) is 0 Å². The van der Waals surface area contributed by atoms with E-state index in [4.69, 9.17) is 11.6 Å². The normalized spacial score (nSPS) is 10.3. The molecule has 2 rings (SSSR count). The molecule has 0 saturated heterocycles. The van der Waals surface area contributed by atoms with Crippen LogP contribution in [0.2, 0.25) is 5.15 Å². The standard InChI is InChI=1S/C13H13ClN2OS/c14-11-6-2-7-12(15-11)16-13(17)8-1-4-10-5-3-9-18-10/h2-3,5-7,9H,1,4,8H2,(H,15,16,17). The van der Waals surface area contributed by atoms with E-state index in [2.05, 4.69) is 16.4 Å². The topological polar surface area (TPSA) is 42.0 Å². The molecule has 0 atom stereocenters. The fraction of sp³-hybridized carbons (Fsp3) is 0.231. The number of amides is 1. The molecular weight excluding hydrogens is 268 g/mol. The van der Waals surface area contributed by atoms with Crippen molar-refractivity contribution in [2.24, 2.45) is 0 Å². The maximum absolute atomic E-state index is 11.7. The zero-order valence-corrected chi connectivity index (χ0v) is 11.3.